The number of ether oxygens (including phenoxy) is 3. The molecule has 0 atom stereocenters. The van der Waals surface area contributed by atoms with Crippen molar-refractivity contribution in [3.8, 4) is 5.75 Å². The number of aryl methyl sites for hydroxylation is 1. The van der Waals surface area contributed by atoms with E-state index in [1.54, 1.807) is 31.2 Å². The number of carbonyl (C=O) groups is 2. The molecule has 9 heteroatoms. The van der Waals surface area contributed by atoms with Gasteiger partial charge in [0.05, 0.1) is 18.8 Å². The number of nitrogens with one attached hydrogen (secondary N) is 2. The quantitative estimate of drug-likeness (QED) is 0.316. The molecule has 172 valence electrons. The smallest absolute Gasteiger partial charge is 0.341 e. The van der Waals surface area contributed by atoms with Crippen molar-refractivity contribution < 1.29 is 23.8 Å². The van der Waals surface area contributed by atoms with Crippen LogP contribution in [0.15, 0.2) is 24.3 Å². The van der Waals surface area contributed by atoms with Crippen molar-refractivity contribution in [2.24, 2.45) is 0 Å². The standard InChI is InChI=1S/C23H28N2O5S2/c1-3-28-13-14-30-16-11-9-15(10-12-16)20(26)24-23(31)25-21-19(22(27)29-4-2)17-7-5-6-8-18(17)32-21/h9-12H,3-8,13-14H2,1-2H3,(H2,24,25,26,31). The van der Waals surface area contributed by atoms with Crippen molar-refractivity contribution in [1.29, 1.82) is 0 Å². The molecule has 2 N–H and O–H groups in total. The molecule has 2 aromatic rings. The van der Waals surface area contributed by atoms with Gasteiger partial charge in [-0.2, -0.15) is 0 Å². The lowest BCUT2D eigenvalue weighted by atomic mass is 9.95. The molecule has 0 bridgehead atoms. The zero-order chi connectivity index (χ0) is 22.9. The van der Waals surface area contributed by atoms with Crippen LogP contribution in [0.1, 0.15) is 57.8 Å². The van der Waals surface area contributed by atoms with Gasteiger partial charge in [-0.15, -0.1) is 11.3 Å². The van der Waals surface area contributed by atoms with E-state index in [1.165, 1.54) is 16.2 Å². The predicted octanol–water partition coefficient (Wildman–Crippen LogP) is 4.35. The van der Waals surface area contributed by atoms with Crippen LogP contribution in [0.4, 0.5) is 5.00 Å². The molecule has 1 amide bonds. The minimum Gasteiger partial charge on any atom is -0.491 e. The third kappa shape index (κ3) is 6.27. The Kier molecular flexibility index (Phi) is 9.01. The van der Waals surface area contributed by atoms with E-state index in [0.29, 0.717) is 48.3 Å². The number of thiophene rings is 1. The summed E-state index contributed by atoms with van der Waals surface area (Å²) in [7, 11) is 0. The van der Waals surface area contributed by atoms with Crippen molar-refractivity contribution in [2.75, 3.05) is 31.7 Å². The van der Waals surface area contributed by atoms with Gasteiger partial charge in [-0.05, 0) is 81.6 Å². The van der Waals surface area contributed by atoms with Crippen LogP contribution in [0.3, 0.4) is 0 Å². The van der Waals surface area contributed by atoms with Crippen molar-refractivity contribution >= 4 is 45.5 Å². The second-order valence-electron chi connectivity index (χ2n) is 7.11. The van der Waals surface area contributed by atoms with Gasteiger partial charge in [-0.1, -0.05) is 0 Å². The molecule has 1 aromatic heterocycles. The van der Waals surface area contributed by atoms with Crippen LogP contribution >= 0.6 is 23.6 Å². The molecule has 7 nitrogen and oxygen atoms in total. The molecule has 0 saturated heterocycles. The van der Waals surface area contributed by atoms with Gasteiger partial charge in [0.2, 0.25) is 0 Å². The van der Waals surface area contributed by atoms with E-state index in [1.807, 2.05) is 6.92 Å². The number of hydrogen-bond acceptors (Lipinski definition) is 7. The lowest BCUT2D eigenvalue weighted by molar-refractivity contribution is 0.0526. The molecule has 0 spiro atoms. The van der Waals surface area contributed by atoms with Gasteiger partial charge in [0.25, 0.3) is 5.91 Å². The Labute approximate surface area is 197 Å². The Morgan fingerprint density at radius 3 is 2.53 bits per heavy atom. The summed E-state index contributed by atoms with van der Waals surface area (Å²) in [5.74, 6) is -0.0454. The first-order valence-electron chi connectivity index (χ1n) is 10.8. The van der Waals surface area contributed by atoms with Crippen LogP contribution in [0.5, 0.6) is 5.75 Å². The fourth-order valence-electron chi connectivity index (χ4n) is 3.45. The van der Waals surface area contributed by atoms with E-state index >= 15 is 0 Å². The number of hydrogen-bond donors (Lipinski definition) is 2. The molecule has 0 fully saturated rings. The fraction of sp³-hybridized carbons (Fsp3) is 0.435. The number of rotatable bonds is 9. The molecule has 0 radical (unpaired) electrons. The second-order valence-corrected chi connectivity index (χ2v) is 8.63. The van der Waals surface area contributed by atoms with E-state index in [9.17, 15) is 9.59 Å². The van der Waals surface area contributed by atoms with Crippen molar-refractivity contribution in [3.63, 3.8) is 0 Å². The number of amides is 1. The topological polar surface area (TPSA) is 85.9 Å². The molecule has 1 aliphatic rings. The maximum absolute atomic E-state index is 12.6. The van der Waals surface area contributed by atoms with Gasteiger partial charge in [0, 0.05) is 17.0 Å². The first-order chi connectivity index (χ1) is 15.5. The highest BCUT2D eigenvalue weighted by Gasteiger charge is 2.27. The molecule has 1 aromatic carbocycles. The highest BCUT2D eigenvalue weighted by molar-refractivity contribution is 7.80. The van der Waals surface area contributed by atoms with E-state index < -0.39 is 0 Å². The Hall–Kier alpha value is -2.49. The zero-order valence-electron chi connectivity index (χ0n) is 18.3. The van der Waals surface area contributed by atoms with Gasteiger partial charge in [0.1, 0.15) is 17.4 Å². The van der Waals surface area contributed by atoms with Gasteiger partial charge in [0.15, 0.2) is 5.11 Å². The van der Waals surface area contributed by atoms with Crippen LogP contribution in [0.2, 0.25) is 0 Å². The highest BCUT2D eigenvalue weighted by Crippen LogP contribution is 2.38. The lowest BCUT2D eigenvalue weighted by Crippen LogP contribution is -2.34. The third-order valence-electron chi connectivity index (χ3n) is 4.92. The minimum atomic E-state index is -0.358. The van der Waals surface area contributed by atoms with E-state index in [0.717, 1.165) is 31.2 Å². The lowest BCUT2D eigenvalue weighted by Gasteiger charge is -2.13. The van der Waals surface area contributed by atoms with Crippen LogP contribution in [-0.4, -0.2) is 43.4 Å². The van der Waals surface area contributed by atoms with E-state index in [2.05, 4.69) is 10.6 Å². The molecule has 1 aliphatic carbocycles. The van der Waals surface area contributed by atoms with Crippen LogP contribution in [0, 0.1) is 0 Å². The molecule has 0 unspecified atom stereocenters. The average molecular weight is 477 g/mol. The molecule has 1 heterocycles. The van der Waals surface area contributed by atoms with E-state index in [4.69, 9.17) is 26.4 Å². The fourth-order valence-corrected chi connectivity index (χ4v) is 4.99. The molecular formula is C23H28N2O5S2. The Bertz CT molecular complexity index is 956. The van der Waals surface area contributed by atoms with Gasteiger partial charge in [-0.25, -0.2) is 4.79 Å². The maximum Gasteiger partial charge on any atom is 0.341 e. The Morgan fingerprint density at radius 1 is 1.06 bits per heavy atom. The molecular weight excluding hydrogens is 448 g/mol. The Balaban J connectivity index is 1.62. The number of fused-ring (bicyclic) bond motifs is 1. The van der Waals surface area contributed by atoms with Gasteiger partial charge < -0.3 is 19.5 Å². The number of anilines is 1. The first kappa shape index (κ1) is 24.2. The number of carbonyl (C=O) groups excluding carboxylic acids is 2. The van der Waals surface area contributed by atoms with Crippen molar-refractivity contribution in [3.05, 3.63) is 45.8 Å². The number of benzene rings is 1. The normalized spacial score (nSPS) is 12.6. The van der Waals surface area contributed by atoms with Gasteiger partial charge in [-0.3, -0.25) is 10.1 Å². The maximum atomic E-state index is 12.6. The van der Waals surface area contributed by atoms with Gasteiger partial charge >= 0.3 is 5.97 Å². The monoisotopic (exact) mass is 476 g/mol. The summed E-state index contributed by atoms with van der Waals surface area (Å²) in [5, 5.41) is 6.47. The minimum absolute atomic E-state index is 0.135. The summed E-state index contributed by atoms with van der Waals surface area (Å²) in [6.45, 7) is 5.61. The average Bonchev–Trinajstić information content (AvgIpc) is 3.15. The second kappa shape index (κ2) is 11.9. The summed E-state index contributed by atoms with van der Waals surface area (Å²) < 4.78 is 16.1. The van der Waals surface area contributed by atoms with E-state index in [-0.39, 0.29) is 17.0 Å². The highest BCUT2D eigenvalue weighted by atomic mass is 32.1. The predicted molar refractivity (Wildman–Crippen MR) is 129 cm³/mol. The first-order valence-corrected chi connectivity index (χ1v) is 12.0. The van der Waals surface area contributed by atoms with Crippen LogP contribution in [0.25, 0.3) is 0 Å². The summed E-state index contributed by atoms with van der Waals surface area (Å²) in [6, 6.07) is 6.79. The Morgan fingerprint density at radius 2 is 1.81 bits per heavy atom. The molecule has 0 aliphatic heterocycles. The summed E-state index contributed by atoms with van der Waals surface area (Å²) in [6.07, 6.45) is 3.93. The van der Waals surface area contributed by atoms with Crippen molar-refractivity contribution in [1.82, 2.24) is 5.32 Å². The largest absolute Gasteiger partial charge is 0.491 e. The van der Waals surface area contributed by atoms with Crippen molar-refractivity contribution in [2.45, 2.75) is 39.5 Å². The summed E-state index contributed by atoms with van der Waals surface area (Å²) >= 11 is 6.85. The molecule has 32 heavy (non-hydrogen) atoms. The number of thiocarbonyl (C=S) groups is 1. The third-order valence-corrected chi connectivity index (χ3v) is 6.33. The SMILES string of the molecule is CCOCCOc1ccc(C(=O)NC(=S)Nc2sc3c(c2C(=O)OCC)CCCC3)cc1. The molecule has 3 rings (SSSR count). The van der Waals surface area contributed by atoms with Crippen LogP contribution in [-0.2, 0) is 22.3 Å². The van der Waals surface area contributed by atoms with Crippen LogP contribution < -0.4 is 15.4 Å². The molecule has 0 saturated carbocycles. The summed E-state index contributed by atoms with van der Waals surface area (Å²) in [4.78, 5) is 26.3. The number of esters is 1. The zero-order valence-corrected chi connectivity index (χ0v) is 20.0. The summed E-state index contributed by atoms with van der Waals surface area (Å²) in [5.41, 5.74) is 2.02.